The van der Waals surface area contributed by atoms with Gasteiger partial charge in [-0.05, 0) is 48.6 Å². The van der Waals surface area contributed by atoms with Gasteiger partial charge in [0.1, 0.15) is 5.69 Å². The van der Waals surface area contributed by atoms with Gasteiger partial charge < -0.3 is 20.1 Å². The van der Waals surface area contributed by atoms with Crippen molar-refractivity contribution in [2.24, 2.45) is 10.2 Å². The molecule has 1 aromatic heterocycles. The van der Waals surface area contributed by atoms with Crippen molar-refractivity contribution in [2.75, 3.05) is 12.4 Å². The molecule has 1 heterocycles. The number of methoxy groups -OCH3 is 1. The summed E-state index contributed by atoms with van der Waals surface area (Å²) in [6.45, 7) is 0. The highest BCUT2D eigenvalue weighted by atomic mass is 35.5. The van der Waals surface area contributed by atoms with Crippen LogP contribution in [0.3, 0.4) is 0 Å². The number of carbonyl (C=O) groups is 2. The molecule has 10 nitrogen and oxygen atoms in total. The number of aromatic nitrogens is 2. The molecule has 0 radical (unpaired) electrons. The van der Waals surface area contributed by atoms with Crippen molar-refractivity contribution in [3.05, 3.63) is 72.7 Å². The molecule has 0 saturated carbocycles. The zero-order chi connectivity index (χ0) is 23.4. The fourth-order valence-electron chi connectivity index (χ4n) is 2.49. The van der Waals surface area contributed by atoms with Crippen molar-refractivity contribution >= 4 is 64.4 Å². The van der Waals surface area contributed by atoms with Crippen molar-refractivity contribution < 1.29 is 19.4 Å². The zero-order valence-corrected chi connectivity index (χ0v) is 18.4. The van der Waals surface area contributed by atoms with E-state index in [0.29, 0.717) is 5.02 Å². The first-order chi connectivity index (χ1) is 15.2. The number of ether oxygens (including phenoxy) is 1. The van der Waals surface area contributed by atoms with Crippen LogP contribution in [-0.4, -0.2) is 34.1 Å². The number of hydrogen-bond acceptors (Lipinski definition) is 8. The van der Waals surface area contributed by atoms with Gasteiger partial charge in [-0.25, -0.2) is 4.79 Å². The number of rotatable bonds is 5. The summed E-state index contributed by atoms with van der Waals surface area (Å²) >= 11 is 16.7. The van der Waals surface area contributed by atoms with E-state index in [0.717, 1.165) is 0 Å². The van der Waals surface area contributed by atoms with Crippen LogP contribution in [0.25, 0.3) is 0 Å². The lowest BCUT2D eigenvalue weighted by atomic mass is 10.1. The number of benzene rings is 2. The van der Waals surface area contributed by atoms with E-state index in [2.05, 4.69) is 25.5 Å². The van der Waals surface area contributed by atoms with Crippen LogP contribution in [0.5, 0.6) is 5.88 Å². The SMILES string of the molecule is COC(=O)c1ccc(C(=O)Nc2cc(Cl)ccc2Cl)cc1N=Nc1c(O)[nH]c(=S)[nH]c1=O. The number of aromatic amines is 2. The fraction of sp³-hybridized carbons (Fsp3) is 0.0526. The molecule has 0 saturated heterocycles. The third-order valence-electron chi connectivity index (χ3n) is 4.00. The Bertz CT molecular complexity index is 1370. The number of hydrogen-bond donors (Lipinski definition) is 4. The van der Waals surface area contributed by atoms with E-state index in [4.69, 9.17) is 40.2 Å². The van der Waals surface area contributed by atoms with E-state index >= 15 is 0 Å². The molecule has 0 unspecified atom stereocenters. The standard InChI is InChI=1S/C19H13Cl2N5O5S/c1-31-18(30)10-4-2-8(15(27)22-13-7-9(20)3-5-11(13)21)6-12(10)25-26-14-16(28)23-19(32)24-17(14)29/h2-7H,1H3,(H,22,27)(H3,23,24,28,29,32). The largest absolute Gasteiger partial charge is 0.493 e. The van der Waals surface area contributed by atoms with Crippen LogP contribution < -0.4 is 10.9 Å². The van der Waals surface area contributed by atoms with E-state index in [-0.39, 0.29) is 32.3 Å². The summed E-state index contributed by atoms with van der Waals surface area (Å²) in [4.78, 5) is 41.3. The summed E-state index contributed by atoms with van der Waals surface area (Å²) in [6, 6.07) is 8.48. The van der Waals surface area contributed by atoms with Gasteiger partial charge in [0.2, 0.25) is 11.6 Å². The Labute approximate surface area is 194 Å². The third-order valence-corrected chi connectivity index (χ3v) is 4.77. The summed E-state index contributed by atoms with van der Waals surface area (Å²) in [5.41, 5.74) is -1.04. The van der Waals surface area contributed by atoms with Crippen LogP contribution in [0, 0.1) is 4.77 Å². The van der Waals surface area contributed by atoms with Gasteiger partial charge in [-0.2, -0.15) is 0 Å². The first-order valence-corrected chi connectivity index (χ1v) is 9.82. The van der Waals surface area contributed by atoms with Crippen LogP contribution in [0.1, 0.15) is 20.7 Å². The summed E-state index contributed by atoms with van der Waals surface area (Å²) < 4.78 is 4.60. The van der Waals surface area contributed by atoms with E-state index < -0.39 is 29.0 Å². The Kier molecular flexibility index (Phi) is 7.03. The van der Waals surface area contributed by atoms with Crippen molar-refractivity contribution in [1.29, 1.82) is 0 Å². The molecule has 4 N–H and O–H groups in total. The number of H-pyrrole nitrogens is 2. The second-order valence-corrected chi connectivity index (χ2v) is 7.36. The van der Waals surface area contributed by atoms with Crippen molar-refractivity contribution in [3.63, 3.8) is 0 Å². The molecule has 1 amide bonds. The Morgan fingerprint density at radius 2 is 1.88 bits per heavy atom. The zero-order valence-electron chi connectivity index (χ0n) is 16.1. The maximum atomic E-state index is 12.7. The van der Waals surface area contributed by atoms with E-state index in [1.165, 1.54) is 37.4 Å². The number of amides is 1. The molecule has 13 heteroatoms. The molecule has 0 fully saturated rings. The molecule has 0 spiro atoms. The maximum Gasteiger partial charge on any atom is 0.340 e. The number of carbonyl (C=O) groups excluding carboxylic acids is 2. The molecule has 0 bridgehead atoms. The third kappa shape index (κ3) is 5.19. The molecule has 0 aliphatic carbocycles. The molecule has 3 aromatic rings. The maximum absolute atomic E-state index is 12.7. The molecule has 0 atom stereocenters. The Morgan fingerprint density at radius 1 is 1.12 bits per heavy atom. The molecule has 2 aromatic carbocycles. The van der Waals surface area contributed by atoms with Gasteiger partial charge in [-0.15, -0.1) is 10.2 Å². The lowest BCUT2D eigenvalue weighted by Gasteiger charge is -2.09. The second kappa shape index (κ2) is 9.73. The lowest BCUT2D eigenvalue weighted by molar-refractivity contribution is 0.0601. The summed E-state index contributed by atoms with van der Waals surface area (Å²) in [5, 5.41) is 20.6. The number of esters is 1. The number of anilines is 1. The van der Waals surface area contributed by atoms with Gasteiger partial charge in [0.05, 0.1) is 23.4 Å². The van der Waals surface area contributed by atoms with E-state index in [9.17, 15) is 19.5 Å². The highest BCUT2D eigenvalue weighted by Crippen LogP contribution is 2.28. The molecule has 3 rings (SSSR count). The van der Waals surface area contributed by atoms with E-state index in [1.54, 1.807) is 6.07 Å². The van der Waals surface area contributed by atoms with Crippen molar-refractivity contribution in [1.82, 2.24) is 9.97 Å². The minimum absolute atomic E-state index is 0.0339. The second-order valence-electron chi connectivity index (χ2n) is 6.11. The number of nitrogens with one attached hydrogen (secondary N) is 3. The van der Waals surface area contributed by atoms with Crippen LogP contribution in [0.15, 0.2) is 51.4 Å². The van der Waals surface area contributed by atoms with Crippen LogP contribution >= 0.6 is 35.4 Å². The van der Waals surface area contributed by atoms with Crippen molar-refractivity contribution in [2.45, 2.75) is 0 Å². The van der Waals surface area contributed by atoms with Crippen LogP contribution in [0.4, 0.5) is 17.1 Å². The van der Waals surface area contributed by atoms with E-state index in [1.807, 2.05) is 0 Å². The number of aromatic hydroxyl groups is 1. The predicted molar refractivity (Wildman–Crippen MR) is 120 cm³/mol. The fourth-order valence-corrected chi connectivity index (χ4v) is 3.02. The van der Waals surface area contributed by atoms with Gasteiger partial charge in [0.25, 0.3) is 11.5 Å². The normalized spacial score (nSPS) is 10.8. The highest BCUT2D eigenvalue weighted by Gasteiger charge is 2.17. The smallest absolute Gasteiger partial charge is 0.340 e. The molecule has 164 valence electrons. The Balaban J connectivity index is 2.01. The molecular weight excluding hydrogens is 481 g/mol. The van der Waals surface area contributed by atoms with Crippen LogP contribution in [-0.2, 0) is 4.74 Å². The minimum atomic E-state index is -0.806. The molecule has 0 aliphatic rings. The predicted octanol–water partition coefficient (Wildman–Crippen LogP) is 4.90. The monoisotopic (exact) mass is 493 g/mol. The van der Waals surface area contributed by atoms with Gasteiger partial charge in [-0.1, -0.05) is 23.2 Å². The van der Waals surface area contributed by atoms with Gasteiger partial charge in [0.15, 0.2) is 4.77 Å². The number of nitrogens with zero attached hydrogens (tertiary/aromatic N) is 2. The first-order valence-electron chi connectivity index (χ1n) is 8.65. The Hall–Kier alpha value is -3.54. The number of halogens is 2. The average Bonchev–Trinajstić information content (AvgIpc) is 2.74. The molecule has 32 heavy (non-hydrogen) atoms. The van der Waals surface area contributed by atoms with Crippen molar-refractivity contribution in [3.8, 4) is 5.88 Å². The quantitative estimate of drug-likeness (QED) is 0.225. The van der Waals surface area contributed by atoms with Crippen LogP contribution in [0.2, 0.25) is 10.0 Å². The Morgan fingerprint density at radius 3 is 2.56 bits per heavy atom. The van der Waals surface area contributed by atoms with Gasteiger partial charge >= 0.3 is 5.97 Å². The minimum Gasteiger partial charge on any atom is -0.493 e. The summed E-state index contributed by atoms with van der Waals surface area (Å²) in [7, 11) is 1.17. The highest BCUT2D eigenvalue weighted by molar-refractivity contribution is 7.71. The first kappa shape index (κ1) is 23.1. The summed E-state index contributed by atoms with van der Waals surface area (Å²) in [6.07, 6.45) is 0. The molecule has 0 aliphatic heterocycles. The van der Waals surface area contributed by atoms with Gasteiger partial charge in [0, 0.05) is 10.6 Å². The topological polar surface area (TPSA) is 149 Å². The summed E-state index contributed by atoms with van der Waals surface area (Å²) in [5.74, 6) is -1.95. The lowest BCUT2D eigenvalue weighted by Crippen LogP contribution is -2.13. The van der Waals surface area contributed by atoms with Gasteiger partial charge in [-0.3, -0.25) is 14.6 Å². The number of azo groups is 1. The molecular formula is C19H13Cl2N5O5S. The average molecular weight is 494 g/mol.